The monoisotopic (exact) mass is 251 g/mol. The minimum absolute atomic E-state index is 0.244. The number of nitrogens with one attached hydrogen (secondary N) is 1. The topological polar surface area (TPSA) is 68.0 Å². The smallest absolute Gasteiger partial charge is 0.295 e. The molecule has 0 aromatic carbocycles. The maximum Gasteiger partial charge on any atom is 0.295 e. The van der Waals surface area contributed by atoms with Crippen molar-refractivity contribution in [2.45, 2.75) is 27.7 Å². The molecular weight excluding hydrogens is 238 g/mol. The van der Waals surface area contributed by atoms with Gasteiger partial charge in [0, 0.05) is 11.8 Å². The molecule has 0 aliphatic carbocycles. The Kier molecular flexibility index (Phi) is 2.97. The highest BCUT2D eigenvalue weighted by atomic mass is 32.1. The first-order chi connectivity index (χ1) is 7.97. The molecule has 0 radical (unpaired) electrons. The Hall–Kier alpha value is -1.69. The lowest BCUT2D eigenvalue weighted by molar-refractivity contribution is 0.0994. The summed E-state index contributed by atoms with van der Waals surface area (Å²) in [6.45, 7) is 7.32. The molecule has 2 aromatic heterocycles. The first-order valence-corrected chi connectivity index (χ1v) is 5.98. The lowest BCUT2D eigenvalue weighted by atomic mass is 10.3. The van der Waals surface area contributed by atoms with Gasteiger partial charge >= 0.3 is 0 Å². The molecule has 2 rings (SSSR count). The third-order valence-corrected chi connectivity index (χ3v) is 3.35. The summed E-state index contributed by atoms with van der Waals surface area (Å²) in [5.41, 5.74) is 1.51. The molecule has 6 heteroatoms. The minimum atomic E-state index is -0.308. The number of thiazole rings is 1. The predicted molar refractivity (Wildman–Crippen MR) is 65.5 cm³/mol. The van der Waals surface area contributed by atoms with E-state index in [0.717, 1.165) is 10.6 Å². The summed E-state index contributed by atoms with van der Waals surface area (Å²) in [5, 5.41) is 3.29. The standard InChI is InChI=1S/C11H13N3O2S/c1-5-7(3)17-11(13-5)14-10(15)9-6(2)12-8(4)16-9/h1-4H3,(H,13,14,15). The number of anilines is 1. The Balaban J connectivity index is 2.19. The number of aryl methyl sites for hydroxylation is 4. The zero-order valence-corrected chi connectivity index (χ0v) is 10.9. The first kappa shape index (κ1) is 11.8. The van der Waals surface area contributed by atoms with E-state index in [0.29, 0.717) is 16.7 Å². The van der Waals surface area contributed by atoms with Gasteiger partial charge in [0.05, 0.1) is 11.4 Å². The van der Waals surface area contributed by atoms with E-state index in [1.165, 1.54) is 11.3 Å². The van der Waals surface area contributed by atoms with Gasteiger partial charge in [-0.25, -0.2) is 9.97 Å². The molecule has 0 saturated heterocycles. The number of rotatable bonds is 2. The number of hydrogen-bond acceptors (Lipinski definition) is 5. The van der Waals surface area contributed by atoms with E-state index < -0.39 is 0 Å². The van der Waals surface area contributed by atoms with Gasteiger partial charge in [0.2, 0.25) is 5.76 Å². The molecule has 0 bridgehead atoms. The molecule has 1 N–H and O–H groups in total. The van der Waals surface area contributed by atoms with Crippen molar-refractivity contribution in [3.63, 3.8) is 0 Å². The summed E-state index contributed by atoms with van der Waals surface area (Å²) < 4.78 is 5.24. The Morgan fingerprint density at radius 2 is 1.88 bits per heavy atom. The van der Waals surface area contributed by atoms with E-state index in [-0.39, 0.29) is 11.7 Å². The lowest BCUT2D eigenvalue weighted by Crippen LogP contribution is -2.12. The second kappa shape index (κ2) is 4.29. The van der Waals surface area contributed by atoms with Gasteiger partial charge in [0.1, 0.15) is 0 Å². The summed E-state index contributed by atoms with van der Waals surface area (Å²) in [4.78, 5) is 21.3. The largest absolute Gasteiger partial charge is 0.436 e. The summed E-state index contributed by atoms with van der Waals surface area (Å²) >= 11 is 1.44. The molecule has 0 unspecified atom stereocenters. The summed E-state index contributed by atoms with van der Waals surface area (Å²) in [7, 11) is 0. The van der Waals surface area contributed by atoms with E-state index in [2.05, 4.69) is 15.3 Å². The van der Waals surface area contributed by atoms with E-state index >= 15 is 0 Å². The Bertz CT molecular complexity index is 552. The van der Waals surface area contributed by atoms with Crippen LogP contribution in [0.15, 0.2) is 4.42 Å². The SMILES string of the molecule is Cc1nc(C)c(C(=O)Nc2nc(C)c(C)s2)o1. The number of oxazole rings is 1. The predicted octanol–water partition coefficient (Wildman–Crippen LogP) is 2.62. The first-order valence-electron chi connectivity index (χ1n) is 5.17. The lowest BCUT2D eigenvalue weighted by Gasteiger charge is -1.97. The number of carbonyl (C=O) groups excluding carboxylic acids is 1. The zero-order valence-electron chi connectivity index (χ0n) is 10.1. The van der Waals surface area contributed by atoms with Gasteiger partial charge in [-0.3, -0.25) is 10.1 Å². The van der Waals surface area contributed by atoms with Gasteiger partial charge in [-0.2, -0.15) is 0 Å². The Morgan fingerprint density at radius 3 is 2.35 bits per heavy atom. The molecule has 17 heavy (non-hydrogen) atoms. The molecule has 0 saturated carbocycles. The van der Waals surface area contributed by atoms with Gasteiger partial charge in [0.25, 0.3) is 5.91 Å². The maximum absolute atomic E-state index is 11.9. The van der Waals surface area contributed by atoms with Crippen molar-refractivity contribution in [2.75, 3.05) is 5.32 Å². The van der Waals surface area contributed by atoms with Crippen LogP contribution < -0.4 is 5.32 Å². The van der Waals surface area contributed by atoms with Crippen molar-refractivity contribution in [2.24, 2.45) is 0 Å². The van der Waals surface area contributed by atoms with Crippen LogP contribution in [0.5, 0.6) is 0 Å². The quantitative estimate of drug-likeness (QED) is 0.890. The molecule has 2 heterocycles. The zero-order chi connectivity index (χ0) is 12.6. The van der Waals surface area contributed by atoms with Crippen LogP contribution in [0.3, 0.4) is 0 Å². The van der Waals surface area contributed by atoms with Gasteiger partial charge < -0.3 is 4.42 Å². The number of nitrogens with zero attached hydrogens (tertiary/aromatic N) is 2. The molecular formula is C11H13N3O2S. The molecule has 5 nitrogen and oxygen atoms in total. The summed E-state index contributed by atoms with van der Waals surface area (Å²) in [6.07, 6.45) is 0. The third kappa shape index (κ3) is 2.36. The number of aromatic nitrogens is 2. The fourth-order valence-corrected chi connectivity index (χ4v) is 2.23. The van der Waals surface area contributed by atoms with Crippen molar-refractivity contribution in [3.05, 3.63) is 27.9 Å². The van der Waals surface area contributed by atoms with Crippen molar-refractivity contribution in [1.29, 1.82) is 0 Å². The van der Waals surface area contributed by atoms with Gasteiger partial charge in [-0.05, 0) is 20.8 Å². The van der Waals surface area contributed by atoms with Crippen LogP contribution >= 0.6 is 11.3 Å². The van der Waals surface area contributed by atoms with Crippen LogP contribution in [0.25, 0.3) is 0 Å². The van der Waals surface area contributed by atoms with Crippen molar-refractivity contribution in [3.8, 4) is 0 Å². The van der Waals surface area contributed by atoms with Gasteiger partial charge in [-0.15, -0.1) is 11.3 Å². The molecule has 2 aromatic rings. The highest BCUT2D eigenvalue weighted by Crippen LogP contribution is 2.22. The summed E-state index contributed by atoms with van der Waals surface area (Å²) in [6, 6.07) is 0. The fourth-order valence-electron chi connectivity index (χ4n) is 1.42. The van der Waals surface area contributed by atoms with Crippen molar-refractivity contribution in [1.82, 2.24) is 9.97 Å². The normalized spacial score (nSPS) is 10.6. The van der Waals surface area contributed by atoms with Crippen LogP contribution in [-0.4, -0.2) is 15.9 Å². The van der Waals surface area contributed by atoms with Crippen LogP contribution in [0.2, 0.25) is 0 Å². The average Bonchev–Trinajstić information content (AvgIpc) is 2.71. The molecule has 1 amide bonds. The third-order valence-electron chi connectivity index (χ3n) is 2.36. The van der Waals surface area contributed by atoms with E-state index in [9.17, 15) is 4.79 Å². The maximum atomic E-state index is 11.9. The molecule has 90 valence electrons. The molecule has 0 fully saturated rings. The average molecular weight is 251 g/mol. The Labute approximate surface area is 103 Å². The van der Waals surface area contributed by atoms with Crippen LogP contribution in [0.4, 0.5) is 5.13 Å². The van der Waals surface area contributed by atoms with Crippen LogP contribution in [0, 0.1) is 27.7 Å². The number of hydrogen-bond donors (Lipinski definition) is 1. The molecule has 0 atom stereocenters. The fraction of sp³-hybridized carbons (Fsp3) is 0.364. The number of carbonyl (C=O) groups is 1. The van der Waals surface area contributed by atoms with Crippen LogP contribution in [-0.2, 0) is 0 Å². The van der Waals surface area contributed by atoms with Crippen molar-refractivity contribution >= 4 is 22.4 Å². The van der Waals surface area contributed by atoms with Gasteiger partial charge in [0.15, 0.2) is 11.0 Å². The second-order valence-electron chi connectivity index (χ2n) is 3.76. The summed E-state index contributed by atoms with van der Waals surface area (Å²) in [5.74, 6) is 0.420. The van der Waals surface area contributed by atoms with E-state index in [1.807, 2.05) is 13.8 Å². The minimum Gasteiger partial charge on any atom is -0.436 e. The van der Waals surface area contributed by atoms with E-state index in [4.69, 9.17) is 4.42 Å². The Morgan fingerprint density at radius 1 is 1.18 bits per heavy atom. The molecule has 0 aliphatic rings. The van der Waals surface area contributed by atoms with Crippen LogP contribution in [0.1, 0.15) is 32.7 Å². The van der Waals surface area contributed by atoms with Crippen molar-refractivity contribution < 1.29 is 9.21 Å². The van der Waals surface area contributed by atoms with Gasteiger partial charge in [-0.1, -0.05) is 0 Å². The number of amides is 1. The second-order valence-corrected chi connectivity index (χ2v) is 4.97. The highest BCUT2D eigenvalue weighted by Gasteiger charge is 2.17. The molecule has 0 spiro atoms. The molecule has 0 aliphatic heterocycles. The van der Waals surface area contributed by atoms with E-state index in [1.54, 1.807) is 13.8 Å². The highest BCUT2D eigenvalue weighted by molar-refractivity contribution is 7.15.